The van der Waals surface area contributed by atoms with Crippen molar-refractivity contribution in [1.29, 1.82) is 0 Å². The van der Waals surface area contributed by atoms with E-state index in [4.69, 9.17) is 18.9 Å². The van der Waals surface area contributed by atoms with E-state index in [1.54, 1.807) is 54.6 Å². The van der Waals surface area contributed by atoms with E-state index in [9.17, 15) is 9.59 Å². The van der Waals surface area contributed by atoms with E-state index in [0.29, 0.717) is 41.9 Å². The molecule has 0 bridgehead atoms. The molecule has 1 aliphatic heterocycles. The first kappa shape index (κ1) is 20.3. The number of fused-ring (bicyclic) bond motifs is 1. The molecular weight excluding hydrogens is 398 g/mol. The highest BCUT2D eigenvalue weighted by atomic mass is 16.6. The normalized spacial score (nSPS) is 13.1. The Morgan fingerprint density at radius 1 is 0.903 bits per heavy atom. The van der Waals surface area contributed by atoms with Crippen LogP contribution in [0.5, 0.6) is 23.0 Å². The van der Waals surface area contributed by atoms with Crippen LogP contribution in [0.15, 0.2) is 72.8 Å². The number of hydrogen-bond acceptors (Lipinski definition) is 6. The lowest BCUT2D eigenvalue weighted by Crippen LogP contribution is -2.30. The van der Waals surface area contributed by atoms with Crippen LogP contribution in [-0.2, 0) is 9.53 Å². The van der Waals surface area contributed by atoms with Crippen LogP contribution in [0.25, 0.3) is 0 Å². The lowest BCUT2D eigenvalue weighted by atomic mass is 10.2. The number of benzene rings is 3. The van der Waals surface area contributed by atoms with Gasteiger partial charge < -0.3 is 24.3 Å². The van der Waals surface area contributed by atoms with Crippen molar-refractivity contribution < 1.29 is 28.5 Å². The Bertz CT molecular complexity index is 1080. The van der Waals surface area contributed by atoms with E-state index >= 15 is 0 Å². The average Bonchev–Trinajstić information content (AvgIpc) is 2.80. The van der Waals surface area contributed by atoms with Crippen LogP contribution in [0.3, 0.4) is 0 Å². The van der Waals surface area contributed by atoms with Gasteiger partial charge >= 0.3 is 5.97 Å². The number of rotatable bonds is 6. The van der Waals surface area contributed by atoms with Crippen molar-refractivity contribution in [3.63, 3.8) is 0 Å². The number of nitrogens with one attached hydrogen (secondary N) is 1. The first-order chi connectivity index (χ1) is 15.1. The predicted octanol–water partition coefficient (Wildman–Crippen LogP) is 4.43. The van der Waals surface area contributed by atoms with Crippen LogP contribution in [0.1, 0.15) is 17.3 Å². The van der Waals surface area contributed by atoms with Gasteiger partial charge in [0.05, 0.1) is 0 Å². The molecule has 3 aromatic rings. The molecule has 7 nitrogen and oxygen atoms in total. The van der Waals surface area contributed by atoms with Crippen molar-refractivity contribution in [3.8, 4) is 23.0 Å². The molecule has 1 heterocycles. The Labute approximate surface area is 179 Å². The van der Waals surface area contributed by atoms with Gasteiger partial charge in [-0.3, -0.25) is 4.79 Å². The number of para-hydroxylation sites is 2. The van der Waals surface area contributed by atoms with Gasteiger partial charge in [0, 0.05) is 11.8 Å². The summed E-state index contributed by atoms with van der Waals surface area (Å²) in [4.78, 5) is 25.2. The van der Waals surface area contributed by atoms with E-state index in [2.05, 4.69) is 5.32 Å². The van der Waals surface area contributed by atoms with Crippen LogP contribution >= 0.6 is 0 Å². The molecule has 1 aliphatic rings. The van der Waals surface area contributed by atoms with Gasteiger partial charge in [-0.25, -0.2) is 4.79 Å². The van der Waals surface area contributed by atoms with Crippen molar-refractivity contribution in [2.45, 2.75) is 13.0 Å². The number of hydrogen-bond donors (Lipinski definition) is 1. The predicted molar refractivity (Wildman–Crippen MR) is 114 cm³/mol. The maximum Gasteiger partial charge on any atom is 0.342 e. The number of carbonyl (C=O) groups excluding carboxylic acids is 2. The monoisotopic (exact) mass is 419 g/mol. The maximum atomic E-state index is 12.7. The lowest BCUT2D eigenvalue weighted by Gasteiger charge is -2.19. The van der Waals surface area contributed by atoms with Crippen LogP contribution in [0.2, 0.25) is 0 Å². The van der Waals surface area contributed by atoms with E-state index in [-0.39, 0.29) is 5.56 Å². The van der Waals surface area contributed by atoms with E-state index < -0.39 is 18.0 Å². The van der Waals surface area contributed by atoms with Gasteiger partial charge in [-0.15, -0.1) is 0 Å². The molecule has 1 N–H and O–H groups in total. The minimum Gasteiger partial charge on any atom is -0.486 e. The second-order valence-electron chi connectivity index (χ2n) is 6.81. The van der Waals surface area contributed by atoms with Crippen molar-refractivity contribution in [2.24, 2.45) is 0 Å². The lowest BCUT2D eigenvalue weighted by molar-refractivity contribution is -0.123. The summed E-state index contributed by atoms with van der Waals surface area (Å²) in [6.45, 7) is 2.44. The molecule has 0 fully saturated rings. The topological polar surface area (TPSA) is 83.1 Å². The smallest absolute Gasteiger partial charge is 0.342 e. The standard InChI is InChI=1S/C24H21NO6/c1-16(23(26)25-17-11-12-21-22(15-17)29-14-13-28-21)30-24(27)19-9-5-6-10-20(19)31-18-7-3-2-4-8-18/h2-12,15-16H,13-14H2,1H3,(H,25,26)/t16-/m1/s1. The zero-order valence-corrected chi connectivity index (χ0v) is 16.9. The van der Waals surface area contributed by atoms with Crippen molar-refractivity contribution in [2.75, 3.05) is 18.5 Å². The van der Waals surface area contributed by atoms with Crippen molar-refractivity contribution >= 4 is 17.6 Å². The minimum atomic E-state index is -1.02. The summed E-state index contributed by atoms with van der Waals surface area (Å²) in [6, 6.07) is 20.9. The van der Waals surface area contributed by atoms with E-state index in [0.717, 1.165) is 0 Å². The summed E-state index contributed by atoms with van der Waals surface area (Å²) in [5, 5.41) is 2.72. The quantitative estimate of drug-likeness (QED) is 0.595. The van der Waals surface area contributed by atoms with Crippen LogP contribution in [0.4, 0.5) is 5.69 Å². The molecule has 3 aromatic carbocycles. The van der Waals surface area contributed by atoms with Crippen LogP contribution in [-0.4, -0.2) is 31.2 Å². The molecule has 7 heteroatoms. The molecule has 0 aliphatic carbocycles. The van der Waals surface area contributed by atoms with Gasteiger partial charge in [-0.1, -0.05) is 30.3 Å². The highest BCUT2D eigenvalue weighted by Gasteiger charge is 2.22. The van der Waals surface area contributed by atoms with Gasteiger partial charge in [0.25, 0.3) is 5.91 Å². The Morgan fingerprint density at radius 2 is 1.61 bits per heavy atom. The Morgan fingerprint density at radius 3 is 2.42 bits per heavy atom. The Hall–Kier alpha value is -4.00. The van der Waals surface area contributed by atoms with Gasteiger partial charge in [-0.05, 0) is 43.3 Å². The number of amides is 1. The van der Waals surface area contributed by atoms with Crippen LogP contribution < -0.4 is 19.5 Å². The fourth-order valence-corrected chi connectivity index (χ4v) is 2.98. The molecule has 1 amide bonds. The minimum absolute atomic E-state index is 0.227. The highest BCUT2D eigenvalue weighted by molar-refractivity contribution is 5.98. The first-order valence-corrected chi connectivity index (χ1v) is 9.83. The number of carbonyl (C=O) groups is 2. The Balaban J connectivity index is 1.41. The first-order valence-electron chi connectivity index (χ1n) is 9.83. The molecule has 1 atom stereocenters. The van der Waals surface area contributed by atoms with Crippen molar-refractivity contribution in [3.05, 3.63) is 78.4 Å². The Kier molecular flexibility index (Phi) is 6.03. The molecule has 31 heavy (non-hydrogen) atoms. The molecule has 0 unspecified atom stereocenters. The maximum absolute atomic E-state index is 12.7. The van der Waals surface area contributed by atoms with E-state index in [1.807, 2.05) is 18.2 Å². The molecule has 4 rings (SSSR count). The fourth-order valence-electron chi connectivity index (χ4n) is 2.98. The third-order valence-corrected chi connectivity index (χ3v) is 4.54. The zero-order valence-electron chi connectivity index (χ0n) is 16.9. The third kappa shape index (κ3) is 4.95. The summed E-state index contributed by atoms with van der Waals surface area (Å²) in [5.41, 5.74) is 0.746. The van der Waals surface area contributed by atoms with E-state index in [1.165, 1.54) is 6.92 Å². The van der Waals surface area contributed by atoms with Gasteiger partial charge in [-0.2, -0.15) is 0 Å². The van der Waals surface area contributed by atoms with Gasteiger partial charge in [0.15, 0.2) is 17.6 Å². The molecule has 0 radical (unpaired) electrons. The SMILES string of the molecule is C[C@@H](OC(=O)c1ccccc1Oc1ccccc1)C(=O)Nc1ccc2c(c1)OCCO2. The average molecular weight is 419 g/mol. The summed E-state index contributed by atoms with van der Waals surface area (Å²) >= 11 is 0. The van der Waals surface area contributed by atoms with Gasteiger partial charge in [0.1, 0.15) is 30.3 Å². The molecule has 0 saturated carbocycles. The summed E-state index contributed by atoms with van der Waals surface area (Å²) in [7, 11) is 0. The molecular formula is C24H21NO6. The fraction of sp³-hybridized carbons (Fsp3) is 0.167. The molecule has 0 spiro atoms. The molecule has 158 valence electrons. The number of anilines is 1. The van der Waals surface area contributed by atoms with Crippen molar-refractivity contribution in [1.82, 2.24) is 0 Å². The summed E-state index contributed by atoms with van der Waals surface area (Å²) in [5.74, 6) is 0.993. The molecule has 0 saturated heterocycles. The molecule has 0 aromatic heterocycles. The largest absolute Gasteiger partial charge is 0.486 e. The second-order valence-corrected chi connectivity index (χ2v) is 6.81. The zero-order chi connectivity index (χ0) is 21.6. The highest BCUT2D eigenvalue weighted by Crippen LogP contribution is 2.32. The third-order valence-electron chi connectivity index (χ3n) is 4.54. The number of ether oxygens (including phenoxy) is 4. The number of esters is 1. The van der Waals surface area contributed by atoms with Gasteiger partial charge in [0.2, 0.25) is 0 Å². The second kappa shape index (κ2) is 9.21. The summed E-state index contributed by atoms with van der Waals surface area (Å²) < 4.78 is 22.2. The summed E-state index contributed by atoms with van der Waals surface area (Å²) in [6.07, 6.45) is -1.02. The van der Waals surface area contributed by atoms with Crippen LogP contribution in [0, 0.1) is 0 Å².